The number of carbonyl (C=O) groups is 3. The monoisotopic (exact) mass is 415 g/mol. The number of hydrogen-bond acceptors (Lipinski definition) is 4. The van der Waals surface area contributed by atoms with Crippen molar-refractivity contribution in [1.82, 2.24) is 4.90 Å². The van der Waals surface area contributed by atoms with Crippen LogP contribution in [0.4, 0.5) is 0 Å². The molecule has 6 nitrogen and oxygen atoms in total. The maximum Gasteiger partial charge on any atom is 0.326 e. The average molecular weight is 416 g/mol. The van der Waals surface area contributed by atoms with Crippen LogP contribution in [0, 0.1) is 17.8 Å². The molecule has 1 saturated heterocycles. The molecular weight excluding hydrogens is 382 g/mol. The molecule has 164 valence electrons. The minimum atomic E-state index is -0.920. The molecule has 2 aliphatic rings. The Bertz CT molecular complexity index is 749. The van der Waals surface area contributed by atoms with Gasteiger partial charge in [-0.25, -0.2) is 4.79 Å². The van der Waals surface area contributed by atoms with E-state index in [0.29, 0.717) is 31.8 Å². The first kappa shape index (κ1) is 22.3. The molecule has 1 amide bonds. The fourth-order valence-electron chi connectivity index (χ4n) is 5.19. The Balaban J connectivity index is 1.68. The van der Waals surface area contributed by atoms with Crippen LogP contribution >= 0.6 is 0 Å². The van der Waals surface area contributed by atoms with E-state index in [2.05, 4.69) is 0 Å². The number of carbonyl (C=O) groups excluding carboxylic acids is 2. The Labute approximate surface area is 178 Å². The summed E-state index contributed by atoms with van der Waals surface area (Å²) >= 11 is 0. The Morgan fingerprint density at radius 3 is 2.60 bits per heavy atom. The van der Waals surface area contributed by atoms with Crippen molar-refractivity contribution < 1.29 is 24.2 Å². The molecule has 0 unspecified atom stereocenters. The van der Waals surface area contributed by atoms with E-state index in [-0.39, 0.29) is 23.8 Å². The number of aliphatic carboxylic acids is 1. The van der Waals surface area contributed by atoms with Crippen LogP contribution in [0.5, 0.6) is 0 Å². The highest BCUT2D eigenvalue weighted by atomic mass is 16.5. The number of likely N-dealkylation sites (tertiary alicyclic amines) is 1. The average Bonchev–Trinajstić information content (AvgIpc) is 3.32. The molecule has 1 heterocycles. The number of rotatable bonds is 9. The lowest BCUT2D eigenvalue weighted by atomic mass is 9.89. The van der Waals surface area contributed by atoms with Crippen LogP contribution in [-0.4, -0.2) is 46.5 Å². The zero-order valence-electron chi connectivity index (χ0n) is 18.0. The molecule has 0 spiro atoms. The number of esters is 1. The molecule has 3 rings (SSSR count). The zero-order valence-corrected chi connectivity index (χ0v) is 18.0. The molecule has 30 heavy (non-hydrogen) atoms. The van der Waals surface area contributed by atoms with Crippen molar-refractivity contribution in [2.45, 2.75) is 70.9 Å². The molecule has 1 aromatic rings. The summed E-state index contributed by atoms with van der Waals surface area (Å²) in [6.07, 6.45) is 5.19. The van der Waals surface area contributed by atoms with Crippen molar-refractivity contribution in [3.05, 3.63) is 35.9 Å². The molecule has 1 aromatic carbocycles. The van der Waals surface area contributed by atoms with Gasteiger partial charge in [-0.3, -0.25) is 9.59 Å². The fraction of sp³-hybridized carbons (Fsp3) is 0.625. The Hall–Kier alpha value is -2.37. The maximum atomic E-state index is 13.3. The van der Waals surface area contributed by atoms with Crippen LogP contribution in [0.2, 0.25) is 0 Å². The van der Waals surface area contributed by atoms with Gasteiger partial charge in [0.25, 0.3) is 0 Å². The summed E-state index contributed by atoms with van der Waals surface area (Å²) in [5.74, 6) is -1.84. The lowest BCUT2D eigenvalue weighted by Crippen LogP contribution is -2.47. The number of fused-ring (bicyclic) bond motifs is 1. The third-order valence-corrected chi connectivity index (χ3v) is 6.68. The molecule has 6 heteroatoms. The first-order chi connectivity index (χ1) is 14.4. The predicted molar refractivity (Wildman–Crippen MR) is 113 cm³/mol. The van der Waals surface area contributed by atoms with Gasteiger partial charge in [0.1, 0.15) is 6.04 Å². The standard InChI is InChI=1S/C24H33NO5/c1-3-30-24(29)19(13-12-17-8-5-4-6-9-17)14-16(2)22(26)25-20-11-7-10-18(20)15-21(25)23(27)28/h4-6,8-9,16,18-21H,3,7,10-15H2,1-2H3,(H,27,28)/t16-,18+,19-,20+,21+/m1/s1. The summed E-state index contributed by atoms with van der Waals surface area (Å²) in [7, 11) is 0. The SMILES string of the molecule is CCOC(=O)[C@H](CCc1ccccc1)C[C@@H](C)C(=O)N1[C@H](C(=O)O)C[C@@H]2CCC[C@@H]21. The van der Waals surface area contributed by atoms with Gasteiger partial charge in [0.15, 0.2) is 0 Å². The molecular formula is C24H33NO5. The van der Waals surface area contributed by atoms with Crippen LogP contribution in [0.15, 0.2) is 30.3 Å². The van der Waals surface area contributed by atoms with Gasteiger partial charge in [0.05, 0.1) is 12.5 Å². The number of amides is 1. The van der Waals surface area contributed by atoms with Crippen LogP contribution in [-0.2, 0) is 25.5 Å². The minimum Gasteiger partial charge on any atom is -0.480 e. The largest absolute Gasteiger partial charge is 0.480 e. The third-order valence-electron chi connectivity index (χ3n) is 6.68. The number of ether oxygens (including phenoxy) is 1. The summed E-state index contributed by atoms with van der Waals surface area (Å²) < 4.78 is 5.27. The second kappa shape index (κ2) is 10.1. The van der Waals surface area contributed by atoms with E-state index in [1.54, 1.807) is 11.8 Å². The molecule has 0 radical (unpaired) electrons. The second-order valence-electron chi connectivity index (χ2n) is 8.70. The van der Waals surface area contributed by atoms with Crippen LogP contribution in [0.1, 0.15) is 57.9 Å². The van der Waals surface area contributed by atoms with Crippen molar-refractivity contribution in [2.75, 3.05) is 6.61 Å². The number of nitrogens with zero attached hydrogens (tertiary/aromatic N) is 1. The highest BCUT2D eigenvalue weighted by molar-refractivity contribution is 5.86. The van der Waals surface area contributed by atoms with Crippen molar-refractivity contribution in [3.63, 3.8) is 0 Å². The molecule has 1 saturated carbocycles. The third kappa shape index (κ3) is 5.02. The number of carboxylic acid groups (broad SMARTS) is 1. The Kier molecular flexibility index (Phi) is 7.51. The summed E-state index contributed by atoms with van der Waals surface area (Å²) in [5.41, 5.74) is 1.14. The van der Waals surface area contributed by atoms with Crippen LogP contribution in [0.3, 0.4) is 0 Å². The molecule has 1 aliphatic carbocycles. The van der Waals surface area contributed by atoms with Gasteiger partial charge < -0.3 is 14.7 Å². The highest BCUT2D eigenvalue weighted by Crippen LogP contribution is 2.42. The zero-order chi connectivity index (χ0) is 21.7. The number of carboxylic acids is 1. The summed E-state index contributed by atoms with van der Waals surface area (Å²) in [6.45, 7) is 3.90. The summed E-state index contributed by atoms with van der Waals surface area (Å²) in [5, 5.41) is 9.65. The van der Waals surface area contributed by atoms with E-state index < -0.39 is 17.9 Å². The molecule has 0 bridgehead atoms. The molecule has 2 fully saturated rings. The number of hydrogen-bond donors (Lipinski definition) is 1. The van der Waals surface area contributed by atoms with Gasteiger partial charge in [-0.15, -0.1) is 0 Å². The Morgan fingerprint density at radius 1 is 1.20 bits per heavy atom. The Morgan fingerprint density at radius 2 is 1.93 bits per heavy atom. The van der Waals surface area contributed by atoms with Gasteiger partial charge in [-0.1, -0.05) is 43.7 Å². The highest BCUT2D eigenvalue weighted by Gasteiger charge is 2.49. The van der Waals surface area contributed by atoms with E-state index in [0.717, 1.165) is 31.2 Å². The van der Waals surface area contributed by atoms with Crippen molar-refractivity contribution in [3.8, 4) is 0 Å². The van der Waals surface area contributed by atoms with Crippen LogP contribution < -0.4 is 0 Å². The molecule has 0 aromatic heterocycles. The predicted octanol–water partition coefficient (Wildman–Crippen LogP) is 3.68. The van der Waals surface area contributed by atoms with E-state index in [1.165, 1.54) is 0 Å². The first-order valence-corrected chi connectivity index (χ1v) is 11.2. The first-order valence-electron chi connectivity index (χ1n) is 11.2. The lowest BCUT2D eigenvalue weighted by Gasteiger charge is -2.31. The summed E-state index contributed by atoms with van der Waals surface area (Å²) in [6, 6.07) is 9.25. The minimum absolute atomic E-state index is 0.0337. The van der Waals surface area contributed by atoms with E-state index in [4.69, 9.17) is 4.74 Å². The van der Waals surface area contributed by atoms with Crippen molar-refractivity contribution >= 4 is 17.8 Å². The van der Waals surface area contributed by atoms with Gasteiger partial charge in [-0.2, -0.15) is 0 Å². The topological polar surface area (TPSA) is 83.9 Å². The van der Waals surface area contributed by atoms with Crippen LogP contribution in [0.25, 0.3) is 0 Å². The number of aryl methyl sites for hydroxylation is 1. The van der Waals surface area contributed by atoms with Crippen molar-refractivity contribution in [2.24, 2.45) is 17.8 Å². The quantitative estimate of drug-likeness (QED) is 0.622. The molecule has 5 atom stereocenters. The summed E-state index contributed by atoms with van der Waals surface area (Å²) in [4.78, 5) is 39.3. The van der Waals surface area contributed by atoms with Gasteiger partial charge in [-0.05, 0) is 56.9 Å². The van der Waals surface area contributed by atoms with E-state index in [9.17, 15) is 19.5 Å². The molecule has 1 aliphatic heterocycles. The maximum absolute atomic E-state index is 13.3. The normalized spacial score (nSPS) is 24.9. The van der Waals surface area contributed by atoms with Gasteiger partial charge >= 0.3 is 11.9 Å². The van der Waals surface area contributed by atoms with E-state index in [1.807, 2.05) is 37.3 Å². The fourth-order valence-corrected chi connectivity index (χ4v) is 5.19. The van der Waals surface area contributed by atoms with E-state index >= 15 is 0 Å². The van der Waals surface area contributed by atoms with Crippen molar-refractivity contribution in [1.29, 1.82) is 0 Å². The van der Waals surface area contributed by atoms with Gasteiger partial charge in [0.2, 0.25) is 5.91 Å². The lowest BCUT2D eigenvalue weighted by molar-refractivity contribution is -0.153. The van der Waals surface area contributed by atoms with Gasteiger partial charge in [0, 0.05) is 12.0 Å². The smallest absolute Gasteiger partial charge is 0.326 e. The second-order valence-corrected chi connectivity index (χ2v) is 8.70. The number of benzene rings is 1. The molecule has 1 N–H and O–H groups in total.